The standard InChI is InChI=1S/C18H27N7O3S/c1-3-22-14-18(20-15(22)2)29(26,27)25-6-4-23(5-7-25)16-12-17(21-19-13-16)24-8-10-28-11-9-24/h12-14H,3-11H2,1-2H3. The van der Waals surface area contributed by atoms with Crippen LogP contribution in [0.25, 0.3) is 0 Å². The van der Waals surface area contributed by atoms with Crippen molar-refractivity contribution in [3.8, 4) is 0 Å². The molecule has 0 N–H and O–H groups in total. The van der Waals surface area contributed by atoms with Crippen LogP contribution in [0.3, 0.4) is 0 Å². The van der Waals surface area contributed by atoms with Crippen molar-refractivity contribution in [1.29, 1.82) is 0 Å². The van der Waals surface area contributed by atoms with Gasteiger partial charge in [0.05, 0.1) is 25.1 Å². The van der Waals surface area contributed by atoms with Crippen molar-refractivity contribution in [1.82, 2.24) is 24.1 Å². The van der Waals surface area contributed by atoms with E-state index in [4.69, 9.17) is 4.74 Å². The molecular formula is C18H27N7O3S. The molecule has 2 saturated heterocycles. The summed E-state index contributed by atoms with van der Waals surface area (Å²) in [6, 6.07) is 2.02. The molecule has 0 amide bonds. The molecule has 2 aromatic rings. The fourth-order valence-electron chi connectivity index (χ4n) is 3.71. The summed E-state index contributed by atoms with van der Waals surface area (Å²) in [6.45, 7) is 9.49. The molecule has 10 nitrogen and oxygen atoms in total. The molecule has 4 rings (SSSR count). The highest BCUT2D eigenvalue weighted by molar-refractivity contribution is 7.89. The number of morpholine rings is 1. The van der Waals surface area contributed by atoms with E-state index in [1.165, 1.54) is 4.31 Å². The number of ether oxygens (including phenoxy) is 1. The number of anilines is 2. The molecule has 4 heterocycles. The maximum Gasteiger partial charge on any atom is 0.262 e. The van der Waals surface area contributed by atoms with Gasteiger partial charge in [-0.25, -0.2) is 13.4 Å². The quantitative estimate of drug-likeness (QED) is 0.682. The first-order valence-corrected chi connectivity index (χ1v) is 11.4. The molecule has 0 radical (unpaired) electrons. The summed E-state index contributed by atoms with van der Waals surface area (Å²) in [5, 5.41) is 8.53. The Labute approximate surface area is 171 Å². The van der Waals surface area contributed by atoms with E-state index in [1.807, 2.05) is 24.5 Å². The molecule has 0 bridgehead atoms. The Morgan fingerprint density at radius 3 is 2.45 bits per heavy atom. The first-order chi connectivity index (χ1) is 14.0. The Hall–Kier alpha value is -2.24. The van der Waals surface area contributed by atoms with Gasteiger partial charge in [0.1, 0.15) is 5.82 Å². The summed E-state index contributed by atoms with van der Waals surface area (Å²) < 4.78 is 34.7. The topological polar surface area (TPSA) is 96.7 Å². The molecule has 0 unspecified atom stereocenters. The number of hydrogen-bond donors (Lipinski definition) is 0. The van der Waals surface area contributed by atoms with Crippen molar-refractivity contribution in [3.05, 3.63) is 24.3 Å². The van der Waals surface area contributed by atoms with E-state index in [2.05, 4.69) is 25.0 Å². The average molecular weight is 422 g/mol. The van der Waals surface area contributed by atoms with Crippen molar-refractivity contribution < 1.29 is 13.2 Å². The Kier molecular flexibility index (Phi) is 5.70. The molecule has 2 fully saturated rings. The van der Waals surface area contributed by atoms with Crippen LogP contribution < -0.4 is 9.80 Å². The van der Waals surface area contributed by atoms with E-state index in [0.717, 1.165) is 24.6 Å². The van der Waals surface area contributed by atoms with Crippen molar-refractivity contribution in [3.63, 3.8) is 0 Å². The highest BCUT2D eigenvalue weighted by atomic mass is 32.2. The number of imidazole rings is 1. The lowest BCUT2D eigenvalue weighted by atomic mass is 10.3. The molecule has 2 aliphatic rings. The Morgan fingerprint density at radius 2 is 1.79 bits per heavy atom. The minimum Gasteiger partial charge on any atom is -0.378 e. The van der Waals surface area contributed by atoms with Gasteiger partial charge in [-0.1, -0.05) is 0 Å². The summed E-state index contributed by atoms with van der Waals surface area (Å²) in [4.78, 5) is 8.57. The number of sulfonamides is 1. The van der Waals surface area contributed by atoms with Crippen molar-refractivity contribution in [2.45, 2.75) is 25.4 Å². The zero-order valence-electron chi connectivity index (χ0n) is 16.9. The fraction of sp³-hybridized carbons (Fsp3) is 0.611. The molecule has 0 saturated carbocycles. The van der Waals surface area contributed by atoms with E-state index >= 15 is 0 Å². The summed E-state index contributed by atoms with van der Waals surface area (Å²) in [5.74, 6) is 1.55. The van der Waals surface area contributed by atoms with E-state index in [1.54, 1.807) is 12.4 Å². The number of aryl methyl sites for hydroxylation is 2. The fourth-order valence-corrected chi connectivity index (χ4v) is 5.12. The number of aromatic nitrogens is 4. The molecule has 0 spiro atoms. The van der Waals surface area contributed by atoms with Crippen molar-refractivity contribution >= 4 is 21.5 Å². The van der Waals surface area contributed by atoms with E-state index in [9.17, 15) is 8.42 Å². The predicted octanol–water partition coefficient (Wildman–Crippen LogP) is 0.349. The number of nitrogens with zero attached hydrogens (tertiary/aromatic N) is 7. The molecule has 0 aliphatic carbocycles. The second kappa shape index (κ2) is 8.25. The van der Waals surface area contributed by atoms with Gasteiger partial charge in [0.25, 0.3) is 10.0 Å². The highest BCUT2D eigenvalue weighted by Crippen LogP contribution is 2.23. The maximum atomic E-state index is 13.0. The molecule has 29 heavy (non-hydrogen) atoms. The minimum absolute atomic E-state index is 0.130. The van der Waals surface area contributed by atoms with E-state index in [-0.39, 0.29) is 5.03 Å². The molecule has 2 aliphatic heterocycles. The molecule has 158 valence electrons. The first kappa shape index (κ1) is 20.0. The third-order valence-corrected chi connectivity index (χ3v) is 7.24. The van der Waals surface area contributed by atoms with Crippen molar-refractivity contribution in [2.24, 2.45) is 0 Å². The van der Waals surface area contributed by atoms with Crippen molar-refractivity contribution in [2.75, 3.05) is 62.3 Å². The van der Waals surface area contributed by atoms with Crippen LogP contribution in [0.4, 0.5) is 11.5 Å². The third-order valence-electron chi connectivity index (χ3n) is 5.46. The van der Waals surface area contributed by atoms with Gasteiger partial charge in [0, 0.05) is 58.1 Å². The van der Waals surface area contributed by atoms with Crippen LogP contribution >= 0.6 is 0 Å². The molecule has 0 atom stereocenters. The summed E-state index contributed by atoms with van der Waals surface area (Å²) in [7, 11) is -3.58. The van der Waals surface area contributed by atoms with Crippen LogP contribution in [-0.4, -0.2) is 85.0 Å². The lowest BCUT2D eigenvalue weighted by molar-refractivity contribution is 0.122. The van der Waals surface area contributed by atoms with Crippen LogP contribution in [0.5, 0.6) is 0 Å². The average Bonchev–Trinajstić information content (AvgIpc) is 3.16. The van der Waals surface area contributed by atoms with Crippen LogP contribution in [0.2, 0.25) is 0 Å². The first-order valence-electron chi connectivity index (χ1n) is 9.93. The van der Waals surface area contributed by atoms with Crippen LogP contribution in [0, 0.1) is 6.92 Å². The Balaban J connectivity index is 1.44. The lowest BCUT2D eigenvalue weighted by Crippen LogP contribution is -2.48. The van der Waals surface area contributed by atoms with E-state index in [0.29, 0.717) is 51.8 Å². The van der Waals surface area contributed by atoms with Gasteiger partial charge in [0.15, 0.2) is 10.8 Å². The van der Waals surface area contributed by atoms with Gasteiger partial charge in [-0.05, 0) is 13.8 Å². The van der Waals surface area contributed by atoms with Crippen LogP contribution in [-0.2, 0) is 21.3 Å². The maximum absolute atomic E-state index is 13.0. The predicted molar refractivity (Wildman–Crippen MR) is 109 cm³/mol. The second-order valence-electron chi connectivity index (χ2n) is 7.17. The largest absolute Gasteiger partial charge is 0.378 e. The third kappa shape index (κ3) is 4.07. The molecular weight excluding hydrogens is 394 g/mol. The zero-order valence-corrected chi connectivity index (χ0v) is 17.7. The molecule has 2 aromatic heterocycles. The monoisotopic (exact) mass is 421 g/mol. The number of rotatable bonds is 5. The number of piperazine rings is 1. The van der Waals surface area contributed by atoms with Gasteiger partial charge in [-0.2, -0.15) is 9.40 Å². The smallest absolute Gasteiger partial charge is 0.262 e. The van der Waals surface area contributed by atoms with Gasteiger partial charge < -0.3 is 19.1 Å². The second-order valence-corrected chi connectivity index (χ2v) is 9.06. The minimum atomic E-state index is -3.58. The Bertz CT molecular complexity index is 948. The van der Waals surface area contributed by atoms with Gasteiger partial charge >= 0.3 is 0 Å². The van der Waals surface area contributed by atoms with Crippen LogP contribution in [0.15, 0.2) is 23.5 Å². The van der Waals surface area contributed by atoms with E-state index < -0.39 is 10.0 Å². The lowest BCUT2D eigenvalue weighted by Gasteiger charge is -2.35. The Morgan fingerprint density at radius 1 is 1.07 bits per heavy atom. The van der Waals surface area contributed by atoms with Gasteiger partial charge in [-0.15, -0.1) is 5.10 Å². The normalized spacial score (nSPS) is 19.0. The van der Waals surface area contributed by atoms with Gasteiger partial charge in [0.2, 0.25) is 0 Å². The summed E-state index contributed by atoms with van der Waals surface area (Å²) in [5.41, 5.74) is 0.963. The zero-order chi connectivity index (χ0) is 20.4. The molecule has 11 heteroatoms. The van der Waals surface area contributed by atoms with Crippen LogP contribution in [0.1, 0.15) is 12.7 Å². The summed E-state index contributed by atoms with van der Waals surface area (Å²) in [6.07, 6.45) is 3.36. The highest BCUT2D eigenvalue weighted by Gasteiger charge is 2.31. The summed E-state index contributed by atoms with van der Waals surface area (Å²) >= 11 is 0. The molecule has 0 aromatic carbocycles. The SMILES string of the molecule is CCn1cc(S(=O)(=O)N2CCN(c3cnnc(N4CCOCC4)c3)CC2)nc1C. The van der Waals surface area contributed by atoms with Gasteiger partial charge in [-0.3, -0.25) is 0 Å². The number of hydrogen-bond acceptors (Lipinski definition) is 8.